The number of aliphatic carboxylic acids is 1. The Morgan fingerprint density at radius 2 is 1.95 bits per heavy atom. The highest BCUT2D eigenvalue weighted by Crippen LogP contribution is 2.60. The van der Waals surface area contributed by atoms with Gasteiger partial charge in [-0.3, -0.25) is 0 Å². The molecule has 108 valence electrons. The average Bonchev–Trinajstić information content (AvgIpc) is 3.15. The fraction of sp³-hybridized carbons (Fsp3) is 0.857. The molecule has 3 N–H and O–H groups in total. The summed E-state index contributed by atoms with van der Waals surface area (Å²) in [5.74, 6) is 0.0635. The molecule has 2 aliphatic rings. The van der Waals surface area contributed by atoms with Crippen molar-refractivity contribution >= 4 is 12.0 Å². The van der Waals surface area contributed by atoms with Gasteiger partial charge in [0.2, 0.25) is 0 Å². The largest absolute Gasteiger partial charge is 0.480 e. The van der Waals surface area contributed by atoms with Crippen LogP contribution in [0.25, 0.3) is 0 Å². The van der Waals surface area contributed by atoms with Crippen molar-refractivity contribution in [2.45, 2.75) is 52.0 Å². The molecule has 2 saturated carbocycles. The molecule has 0 aromatic rings. The number of hydrogen-bond acceptors (Lipinski definition) is 2. The first-order valence-electron chi connectivity index (χ1n) is 7.20. The maximum absolute atomic E-state index is 11.8. The zero-order chi connectivity index (χ0) is 14.0. The third-order valence-electron chi connectivity index (χ3n) is 4.25. The molecule has 0 unspecified atom stereocenters. The molecule has 1 atom stereocenters. The van der Waals surface area contributed by atoms with Gasteiger partial charge in [-0.15, -0.1) is 0 Å². The Morgan fingerprint density at radius 1 is 1.32 bits per heavy atom. The number of nitrogens with one attached hydrogen (secondary N) is 2. The molecular formula is C14H24N2O3. The number of urea groups is 1. The normalized spacial score (nSPS) is 21.8. The number of amides is 2. The minimum atomic E-state index is -0.966. The summed E-state index contributed by atoms with van der Waals surface area (Å²) in [7, 11) is 0. The van der Waals surface area contributed by atoms with E-state index in [0.717, 1.165) is 5.92 Å². The van der Waals surface area contributed by atoms with Crippen LogP contribution in [0.5, 0.6) is 0 Å². The van der Waals surface area contributed by atoms with E-state index in [1.54, 1.807) is 0 Å². The van der Waals surface area contributed by atoms with Gasteiger partial charge in [0.15, 0.2) is 0 Å². The monoisotopic (exact) mass is 268 g/mol. The molecular weight excluding hydrogens is 244 g/mol. The predicted octanol–water partition coefficient (Wildman–Crippen LogP) is 1.98. The van der Waals surface area contributed by atoms with Gasteiger partial charge >= 0.3 is 12.0 Å². The fourth-order valence-corrected chi connectivity index (χ4v) is 2.74. The van der Waals surface area contributed by atoms with E-state index in [2.05, 4.69) is 10.6 Å². The molecule has 0 aromatic heterocycles. The molecule has 0 heterocycles. The van der Waals surface area contributed by atoms with E-state index in [9.17, 15) is 9.59 Å². The number of hydrogen-bond donors (Lipinski definition) is 3. The van der Waals surface area contributed by atoms with Crippen LogP contribution >= 0.6 is 0 Å². The molecule has 2 amide bonds. The SMILES string of the molecule is CC(C)C[C@@H](NC(=O)NCC1(C2CC2)CC1)C(=O)O. The zero-order valence-corrected chi connectivity index (χ0v) is 11.7. The smallest absolute Gasteiger partial charge is 0.326 e. The molecule has 0 spiro atoms. The number of rotatable bonds is 7. The standard InChI is InChI=1S/C14H24N2O3/c1-9(2)7-11(12(17)18)16-13(19)15-8-14(5-6-14)10-3-4-10/h9-11H,3-8H2,1-2H3,(H,17,18)(H2,15,16,19)/t11-/m1/s1. The summed E-state index contributed by atoms with van der Waals surface area (Å²) in [6.45, 7) is 4.58. The molecule has 0 aliphatic heterocycles. The van der Waals surface area contributed by atoms with E-state index < -0.39 is 12.0 Å². The van der Waals surface area contributed by atoms with Crippen LogP contribution in [0.2, 0.25) is 0 Å². The maximum atomic E-state index is 11.8. The van der Waals surface area contributed by atoms with Crippen LogP contribution in [-0.2, 0) is 4.79 Å². The first-order chi connectivity index (χ1) is 8.93. The molecule has 2 fully saturated rings. The topological polar surface area (TPSA) is 78.4 Å². The summed E-state index contributed by atoms with van der Waals surface area (Å²) < 4.78 is 0. The molecule has 0 bridgehead atoms. The highest BCUT2D eigenvalue weighted by atomic mass is 16.4. The number of carbonyl (C=O) groups excluding carboxylic acids is 1. The molecule has 5 nitrogen and oxygen atoms in total. The lowest BCUT2D eigenvalue weighted by Crippen LogP contribution is -2.47. The molecule has 2 rings (SSSR count). The van der Waals surface area contributed by atoms with Crippen molar-refractivity contribution in [1.82, 2.24) is 10.6 Å². The zero-order valence-electron chi connectivity index (χ0n) is 11.7. The second-order valence-corrected chi connectivity index (χ2v) is 6.48. The van der Waals surface area contributed by atoms with E-state index in [1.165, 1.54) is 25.7 Å². The van der Waals surface area contributed by atoms with Crippen LogP contribution in [0.15, 0.2) is 0 Å². The third-order valence-corrected chi connectivity index (χ3v) is 4.25. The van der Waals surface area contributed by atoms with E-state index in [4.69, 9.17) is 5.11 Å². The number of carboxylic acid groups (broad SMARTS) is 1. The van der Waals surface area contributed by atoms with Gasteiger partial charge in [-0.05, 0) is 49.4 Å². The van der Waals surface area contributed by atoms with Crippen LogP contribution in [0.4, 0.5) is 4.79 Å². The van der Waals surface area contributed by atoms with Gasteiger partial charge < -0.3 is 15.7 Å². The fourth-order valence-electron chi connectivity index (χ4n) is 2.74. The molecule has 5 heteroatoms. The lowest BCUT2D eigenvalue weighted by molar-refractivity contribution is -0.139. The minimum absolute atomic E-state index is 0.239. The van der Waals surface area contributed by atoms with Crippen molar-refractivity contribution in [3.63, 3.8) is 0 Å². The first-order valence-corrected chi connectivity index (χ1v) is 7.20. The van der Waals surface area contributed by atoms with Crippen LogP contribution in [-0.4, -0.2) is 29.7 Å². The van der Waals surface area contributed by atoms with Gasteiger partial charge in [-0.2, -0.15) is 0 Å². The molecule has 0 saturated heterocycles. The molecule has 19 heavy (non-hydrogen) atoms. The summed E-state index contributed by atoms with van der Waals surface area (Å²) in [6, 6.07) is -1.14. The third kappa shape index (κ3) is 3.85. The van der Waals surface area contributed by atoms with E-state index in [-0.39, 0.29) is 11.9 Å². The highest BCUT2D eigenvalue weighted by Gasteiger charge is 2.53. The van der Waals surface area contributed by atoms with E-state index in [1.807, 2.05) is 13.8 Å². The number of carboxylic acids is 1. The van der Waals surface area contributed by atoms with Crippen LogP contribution in [0, 0.1) is 17.3 Å². The second kappa shape index (κ2) is 5.39. The van der Waals surface area contributed by atoms with Gasteiger partial charge in [-0.25, -0.2) is 9.59 Å². The summed E-state index contributed by atoms with van der Waals surface area (Å²) in [4.78, 5) is 22.8. The first kappa shape index (κ1) is 14.2. The van der Waals surface area contributed by atoms with Gasteiger partial charge in [0.05, 0.1) is 0 Å². The Kier molecular flexibility index (Phi) is 4.02. The minimum Gasteiger partial charge on any atom is -0.480 e. The Bertz CT molecular complexity index is 360. The molecule has 2 aliphatic carbocycles. The van der Waals surface area contributed by atoms with E-state index in [0.29, 0.717) is 18.4 Å². The Morgan fingerprint density at radius 3 is 2.37 bits per heavy atom. The Balaban J connectivity index is 1.74. The van der Waals surface area contributed by atoms with Crippen LogP contribution in [0.3, 0.4) is 0 Å². The van der Waals surface area contributed by atoms with Crippen LogP contribution in [0.1, 0.15) is 46.0 Å². The number of carbonyl (C=O) groups is 2. The summed E-state index contributed by atoms with van der Waals surface area (Å²) >= 11 is 0. The Labute approximate surface area is 114 Å². The van der Waals surface area contributed by atoms with Crippen molar-refractivity contribution in [2.75, 3.05) is 6.54 Å². The van der Waals surface area contributed by atoms with Gasteiger partial charge in [0, 0.05) is 6.54 Å². The second-order valence-electron chi connectivity index (χ2n) is 6.48. The maximum Gasteiger partial charge on any atom is 0.326 e. The van der Waals surface area contributed by atoms with Crippen molar-refractivity contribution < 1.29 is 14.7 Å². The van der Waals surface area contributed by atoms with Gasteiger partial charge in [-0.1, -0.05) is 13.8 Å². The molecule has 0 aromatic carbocycles. The summed E-state index contributed by atoms with van der Waals surface area (Å²) in [5.41, 5.74) is 0.341. The molecule has 0 radical (unpaired) electrons. The average molecular weight is 268 g/mol. The summed E-state index contributed by atoms with van der Waals surface area (Å²) in [6.07, 6.45) is 5.43. The quantitative estimate of drug-likeness (QED) is 0.660. The highest BCUT2D eigenvalue weighted by molar-refractivity contribution is 5.82. The van der Waals surface area contributed by atoms with Gasteiger partial charge in [0.1, 0.15) is 6.04 Å². The van der Waals surface area contributed by atoms with Gasteiger partial charge in [0.25, 0.3) is 0 Å². The van der Waals surface area contributed by atoms with Crippen molar-refractivity contribution in [3.05, 3.63) is 0 Å². The summed E-state index contributed by atoms with van der Waals surface area (Å²) in [5, 5.41) is 14.5. The van der Waals surface area contributed by atoms with Crippen molar-refractivity contribution in [1.29, 1.82) is 0 Å². The lowest BCUT2D eigenvalue weighted by Gasteiger charge is -2.19. The Hall–Kier alpha value is -1.26. The van der Waals surface area contributed by atoms with E-state index >= 15 is 0 Å². The van der Waals surface area contributed by atoms with Crippen molar-refractivity contribution in [2.24, 2.45) is 17.3 Å². The van der Waals surface area contributed by atoms with Crippen molar-refractivity contribution in [3.8, 4) is 0 Å². The van der Waals surface area contributed by atoms with Crippen LogP contribution < -0.4 is 10.6 Å². The lowest BCUT2D eigenvalue weighted by atomic mass is 10.0. The predicted molar refractivity (Wildman–Crippen MR) is 71.8 cm³/mol.